The summed E-state index contributed by atoms with van der Waals surface area (Å²) in [4.78, 5) is 26.9. The van der Waals surface area contributed by atoms with E-state index in [1.807, 2.05) is 39.0 Å². The number of aryl methyl sites for hydroxylation is 2. The Bertz CT molecular complexity index is 1270. The average Bonchev–Trinajstić information content (AvgIpc) is 2.73. The van der Waals surface area contributed by atoms with E-state index in [0.717, 1.165) is 42.6 Å². The maximum atomic E-state index is 13.1. The highest BCUT2D eigenvalue weighted by atomic mass is 16.4. The third kappa shape index (κ3) is 4.75. The van der Waals surface area contributed by atoms with Crippen LogP contribution in [-0.2, 0) is 0 Å². The Balaban J connectivity index is 1.76. The Morgan fingerprint density at radius 1 is 1.09 bits per heavy atom. The Morgan fingerprint density at radius 2 is 1.79 bits per heavy atom. The van der Waals surface area contributed by atoms with Crippen molar-refractivity contribution < 1.29 is 14.3 Å². The summed E-state index contributed by atoms with van der Waals surface area (Å²) in [5, 5.41) is 13.5. The molecule has 6 nitrogen and oxygen atoms in total. The molecule has 1 unspecified atom stereocenters. The molecule has 1 fully saturated rings. The lowest BCUT2D eigenvalue weighted by molar-refractivity contribution is 0.0698. The lowest BCUT2D eigenvalue weighted by Gasteiger charge is -2.37. The normalized spacial score (nSPS) is 16.6. The molecule has 1 aromatic heterocycles. The summed E-state index contributed by atoms with van der Waals surface area (Å²) in [6.07, 6.45) is 2.08. The number of carboxylic acid groups (broad SMARTS) is 1. The summed E-state index contributed by atoms with van der Waals surface area (Å²) in [5.74, 6) is -0.386. The summed E-state index contributed by atoms with van der Waals surface area (Å²) in [6.45, 7) is 12.1. The van der Waals surface area contributed by atoms with Crippen molar-refractivity contribution in [3.8, 4) is 0 Å². The highest BCUT2D eigenvalue weighted by Crippen LogP contribution is 2.34. The number of anilines is 2. The molecule has 6 heteroatoms. The van der Waals surface area contributed by atoms with Gasteiger partial charge in [-0.3, -0.25) is 4.79 Å². The third-order valence-electron chi connectivity index (χ3n) is 6.66. The minimum Gasteiger partial charge on any atom is -0.478 e. The van der Waals surface area contributed by atoms with Gasteiger partial charge in [0.1, 0.15) is 5.58 Å². The van der Waals surface area contributed by atoms with Gasteiger partial charge in [0.2, 0.25) is 0 Å². The van der Waals surface area contributed by atoms with Gasteiger partial charge >= 0.3 is 5.97 Å². The molecule has 4 rings (SSSR count). The second-order valence-electron chi connectivity index (χ2n) is 10.1. The zero-order valence-electron chi connectivity index (χ0n) is 20.0. The Hall–Kier alpha value is -3.28. The minimum absolute atomic E-state index is 0.0602. The van der Waals surface area contributed by atoms with Crippen molar-refractivity contribution >= 4 is 28.5 Å². The van der Waals surface area contributed by atoms with Crippen molar-refractivity contribution in [3.63, 3.8) is 0 Å². The van der Waals surface area contributed by atoms with E-state index in [-0.39, 0.29) is 17.0 Å². The Labute approximate surface area is 194 Å². The van der Waals surface area contributed by atoms with Crippen molar-refractivity contribution in [1.29, 1.82) is 0 Å². The van der Waals surface area contributed by atoms with Crippen molar-refractivity contribution in [3.05, 3.63) is 68.9 Å². The zero-order chi connectivity index (χ0) is 23.9. The summed E-state index contributed by atoms with van der Waals surface area (Å²) in [7, 11) is 0. The van der Waals surface area contributed by atoms with E-state index in [1.165, 1.54) is 0 Å². The highest BCUT2D eigenvalue weighted by Gasteiger charge is 2.27. The van der Waals surface area contributed by atoms with Gasteiger partial charge in [-0.2, -0.15) is 0 Å². The number of nitrogens with zero attached hydrogens (tertiary/aromatic N) is 1. The fraction of sp³-hybridized carbons (Fsp3) is 0.407. The monoisotopic (exact) mass is 448 g/mol. The number of hydrogen-bond acceptors (Lipinski definition) is 5. The summed E-state index contributed by atoms with van der Waals surface area (Å²) in [6, 6.07) is 10.4. The van der Waals surface area contributed by atoms with Gasteiger partial charge in [-0.1, -0.05) is 26.0 Å². The first kappa shape index (κ1) is 22.9. The van der Waals surface area contributed by atoms with E-state index >= 15 is 0 Å². The van der Waals surface area contributed by atoms with E-state index in [1.54, 1.807) is 18.2 Å². The number of nitrogens with one attached hydrogen (secondary N) is 1. The van der Waals surface area contributed by atoms with Crippen molar-refractivity contribution in [1.82, 2.24) is 0 Å². The topological polar surface area (TPSA) is 82.8 Å². The average molecular weight is 449 g/mol. The number of fused-ring (bicyclic) bond motifs is 1. The van der Waals surface area contributed by atoms with E-state index in [9.17, 15) is 14.7 Å². The Kier molecular flexibility index (Phi) is 5.95. The van der Waals surface area contributed by atoms with Crippen LogP contribution in [0.15, 0.2) is 45.6 Å². The SMILES string of the molecule is Cc1ccc(C(=O)O)c(NC(C)c2cc(C)cc3c(=O)cc(N4CCC(C)(C)CC4)oc23)c1. The van der Waals surface area contributed by atoms with Gasteiger partial charge in [0.15, 0.2) is 11.3 Å². The van der Waals surface area contributed by atoms with Gasteiger partial charge in [0.05, 0.1) is 17.0 Å². The Morgan fingerprint density at radius 3 is 2.45 bits per heavy atom. The number of carbonyl (C=O) groups is 1. The van der Waals surface area contributed by atoms with Crippen LogP contribution in [0.1, 0.15) is 66.7 Å². The molecule has 1 aliphatic rings. The quantitative estimate of drug-likeness (QED) is 0.505. The lowest BCUT2D eigenvalue weighted by Crippen LogP contribution is -2.37. The van der Waals surface area contributed by atoms with E-state index in [2.05, 4.69) is 24.1 Å². The standard InChI is InChI=1S/C27H32N2O4/c1-16-6-7-19(26(31)32)22(14-16)28-18(3)20-12-17(2)13-21-23(30)15-24(33-25(20)21)29-10-8-27(4,5)9-11-29/h6-7,12-15,18,28H,8-11H2,1-5H3,(H,31,32). The van der Waals surface area contributed by atoms with Crippen LogP contribution in [0.4, 0.5) is 11.6 Å². The van der Waals surface area contributed by atoms with Gasteiger partial charge in [0.25, 0.3) is 0 Å². The van der Waals surface area contributed by atoms with E-state index in [0.29, 0.717) is 28.0 Å². The van der Waals surface area contributed by atoms with Crippen LogP contribution in [0.5, 0.6) is 0 Å². The summed E-state index contributed by atoms with van der Waals surface area (Å²) in [5.41, 5.74) is 4.29. The molecular formula is C27H32N2O4. The molecule has 1 saturated heterocycles. The van der Waals surface area contributed by atoms with E-state index in [4.69, 9.17) is 4.42 Å². The number of carboxylic acids is 1. The zero-order valence-corrected chi connectivity index (χ0v) is 20.0. The van der Waals surface area contributed by atoms with E-state index < -0.39 is 5.97 Å². The number of hydrogen-bond donors (Lipinski definition) is 2. The minimum atomic E-state index is -0.986. The van der Waals surface area contributed by atoms with Gasteiger partial charge < -0.3 is 19.7 Å². The fourth-order valence-corrected chi connectivity index (χ4v) is 4.51. The van der Waals surface area contributed by atoms with Crippen molar-refractivity contribution in [2.75, 3.05) is 23.3 Å². The van der Waals surface area contributed by atoms with Crippen LogP contribution in [-0.4, -0.2) is 24.2 Å². The molecule has 1 aliphatic heterocycles. The third-order valence-corrected chi connectivity index (χ3v) is 6.66. The molecule has 2 heterocycles. The molecule has 3 aromatic rings. The predicted octanol–water partition coefficient (Wildman–Crippen LogP) is 5.91. The van der Waals surface area contributed by atoms with Gasteiger partial charge in [0, 0.05) is 30.4 Å². The van der Waals surface area contributed by atoms with Crippen LogP contribution < -0.4 is 15.6 Å². The van der Waals surface area contributed by atoms with Gasteiger partial charge in [-0.15, -0.1) is 0 Å². The molecule has 2 N–H and O–H groups in total. The molecule has 0 aliphatic carbocycles. The smallest absolute Gasteiger partial charge is 0.337 e. The number of aromatic carboxylic acids is 1. The van der Waals surface area contributed by atoms with Crippen LogP contribution in [0, 0.1) is 19.3 Å². The lowest BCUT2D eigenvalue weighted by atomic mass is 9.83. The van der Waals surface area contributed by atoms with Crippen LogP contribution in [0.3, 0.4) is 0 Å². The molecule has 0 bridgehead atoms. The van der Waals surface area contributed by atoms with Gasteiger partial charge in [-0.05, 0) is 68.4 Å². The molecule has 0 amide bonds. The fourth-order valence-electron chi connectivity index (χ4n) is 4.51. The van der Waals surface area contributed by atoms with Crippen molar-refractivity contribution in [2.24, 2.45) is 5.41 Å². The number of benzene rings is 2. The molecule has 2 aromatic carbocycles. The first-order chi connectivity index (χ1) is 15.5. The molecule has 0 saturated carbocycles. The first-order valence-electron chi connectivity index (χ1n) is 11.5. The molecule has 33 heavy (non-hydrogen) atoms. The molecule has 1 atom stereocenters. The molecule has 0 radical (unpaired) electrons. The van der Waals surface area contributed by atoms with Crippen LogP contribution >= 0.6 is 0 Å². The maximum absolute atomic E-state index is 13.1. The number of piperidine rings is 1. The van der Waals surface area contributed by atoms with Crippen LogP contribution in [0.25, 0.3) is 11.0 Å². The number of rotatable bonds is 5. The maximum Gasteiger partial charge on any atom is 0.337 e. The van der Waals surface area contributed by atoms with Crippen LogP contribution in [0.2, 0.25) is 0 Å². The van der Waals surface area contributed by atoms with Gasteiger partial charge in [-0.25, -0.2) is 4.79 Å². The van der Waals surface area contributed by atoms with Crippen molar-refractivity contribution in [2.45, 2.75) is 53.5 Å². The largest absolute Gasteiger partial charge is 0.478 e. The molecular weight excluding hydrogens is 416 g/mol. The first-order valence-corrected chi connectivity index (χ1v) is 11.5. The molecule has 174 valence electrons. The predicted molar refractivity (Wildman–Crippen MR) is 133 cm³/mol. The summed E-state index contributed by atoms with van der Waals surface area (Å²) < 4.78 is 6.37. The second-order valence-corrected chi connectivity index (χ2v) is 10.1. The highest BCUT2D eigenvalue weighted by molar-refractivity contribution is 5.94. The summed E-state index contributed by atoms with van der Waals surface area (Å²) >= 11 is 0. The molecule has 0 spiro atoms. The second kappa shape index (κ2) is 8.58.